The standard InChI is InChI=1S/C23H19ClN8O11S3/c24-21-27-22(29-23(28-21)32-6-2-3-13(12-32)20(33)34)26-17-10-16(25)19(44-43-42-35)11-18(17)31-30-14-4-1-5-15(9-14)45(36,37)8-7-41-46(38,39)40/h1-6,9-12H,7-8H2,(H5-,25,26,27,28,29,30,33,34,35,38,39,40)/p+1. The highest BCUT2D eigenvalue weighted by atomic mass is 35.5. The van der Waals surface area contributed by atoms with E-state index in [1.807, 2.05) is 0 Å². The Morgan fingerprint density at radius 1 is 1.09 bits per heavy atom. The zero-order valence-corrected chi connectivity index (χ0v) is 25.9. The van der Waals surface area contributed by atoms with Gasteiger partial charge in [-0.25, -0.2) is 27.2 Å². The van der Waals surface area contributed by atoms with Crippen molar-refractivity contribution in [3.63, 3.8) is 0 Å². The molecule has 6 N–H and O–H groups in total. The molecule has 0 aliphatic carbocycles. The first-order valence-electron chi connectivity index (χ1n) is 12.1. The lowest BCUT2D eigenvalue weighted by Crippen LogP contribution is -2.34. The number of halogens is 1. The van der Waals surface area contributed by atoms with Crippen LogP contribution >= 0.6 is 23.6 Å². The van der Waals surface area contributed by atoms with E-state index in [1.54, 1.807) is 0 Å². The van der Waals surface area contributed by atoms with Crippen LogP contribution in [0.4, 0.5) is 28.7 Å². The maximum absolute atomic E-state index is 12.6. The number of carbonyl (C=O) groups is 1. The minimum Gasteiger partial charge on any atom is -0.478 e. The van der Waals surface area contributed by atoms with Crippen LogP contribution in [0.5, 0.6) is 0 Å². The zero-order chi connectivity index (χ0) is 33.5. The average molecular weight is 716 g/mol. The molecule has 242 valence electrons. The Labute approximate surface area is 268 Å². The van der Waals surface area contributed by atoms with Crippen LogP contribution in [0.2, 0.25) is 5.28 Å². The minimum atomic E-state index is -4.83. The molecule has 0 saturated heterocycles. The first-order valence-corrected chi connectivity index (χ1v) is 16.3. The number of nitrogen functional groups attached to an aromatic ring is 1. The van der Waals surface area contributed by atoms with Gasteiger partial charge in [-0.2, -0.15) is 18.5 Å². The molecular weight excluding hydrogens is 696 g/mol. The zero-order valence-electron chi connectivity index (χ0n) is 22.7. The van der Waals surface area contributed by atoms with Crippen LogP contribution in [0.3, 0.4) is 0 Å². The summed E-state index contributed by atoms with van der Waals surface area (Å²) in [7, 11) is -8.88. The van der Waals surface area contributed by atoms with E-state index in [2.05, 4.69) is 44.1 Å². The molecular formula is C23H20ClN8O11S3+. The van der Waals surface area contributed by atoms with E-state index < -0.39 is 38.6 Å². The highest BCUT2D eigenvalue weighted by Crippen LogP contribution is 2.38. The van der Waals surface area contributed by atoms with Gasteiger partial charge >= 0.3 is 33.5 Å². The summed E-state index contributed by atoms with van der Waals surface area (Å²) in [4.78, 5) is 23.7. The van der Waals surface area contributed by atoms with Crippen molar-refractivity contribution in [1.82, 2.24) is 15.0 Å². The number of rotatable bonds is 14. The highest BCUT2D eigenvalue weighted by Gasteiger charge is 2.21. The quantitative estimate of drug-likeness (QED) is 0.0238. The molecule has 0 radical (unpaired) electrons. The van der Waals surface area contributed by atoms with Crippen molar-refractivity contribution >= 4 is 78.5 Å². The molecule has 0 amide bonds. The molecule has 19 nitrogen and oxygen atoms in total. The number of benzene rings is 2. The maximum atomic E-state index is 12.6. The number of aromatic nitrogens is 4. The van der Waals surface area contributed by atoms with Gasteiger partial charge in [-0.05, 0) is 64.0 Å². The molecule has 23 heteroatoms. The highest BCUT2D eigenvalue weighted by molar-refractivity contribution is 7.94. The van der Waals surface area contributed by atoms with Gasteiger partial charge in [-0.15, -0.1) is 9.45 Å². The number of pyridine rings is 1. The summed E-state index contributed by atoms with van der Waals surface area (Å²) in [5.41, 5.74) is 6.43. The molecule has 0 atom stereocenters. The van der Waals surface area contributed by atoms with Crippen LogP contribution in [0.15, 0.2) is 80.9 Å². The van der Waals surface area contributed by atoms with Crippen LogP contribution < -0.4 is 15.6 Å². The Bertz CT molecular complexity index is 2020. The van der Waals surface area contributed by atoms with Crippen LogP contribution in [-0.2, 0) is 33.8 Å². The van der Waals surface area contributed by atoms with Gasteiger partial charge in [0, 0.05) is 5.69 Å². The number of hydrogen-bond donors (Lipinski definition) is 5. The molecule has 4 rings (SSSR count). The first kappa shape index (κ1) is 34.5. The minimum absolute atomic E-state index is 0.0394. The van der Waals surface area contributed by atoms with Crippen molar-refractivity contribution in [1.29, 1.82) is 0 Å². The van der Waals surface area contributed by atoms with Gasteiger partial charge in [0.25, 0.3) is 0 Å². The second kappa shape index (κ2) is 14.8. The van der Waals surface area contributed by atoms with E-state index in [1.165, 1.54) is 59.4 Å². The van der Waals surface area contributed by atoms with Gasteiger partial charge in [0.15, 0.2) is 9.84 Å². The van der Waals surface area contributed by atoms with Gasteiger partial charge in [0.1, 0.15) is 5.69 Å². The van der Waals surface area contributed by atoms with Crippen LogP contribution in [0.1, 0.15) is 10.4 Å². The van der Waals surface area contributed by atoms with Gasteiger partial charge < -0.3 is 16.2 Å². The van der Waals surface area contributed by atoms with Gasteiger partial charge in [0.05, 0.1) is 63.5 Å². The summed E-state index contributed by atoms with van der Waals surface area (Å²) < 4.78 is 65.3. The molecule has 0 aliphatic heterocycles. The molecule has 2 heterocycles. The van der Waals surface area contributed by atoms with Crippen molar-refractivity contribution in [2.75, 3.05) is 23.4 Å². The molecule has 2 aromatic heterocycles. The second-order valence-corrected chi connectivity index (χ2v) is 12.8. The van der Waals surface area contributed by atoms with Crippen LogP contribution in [-0.4, -0.2) is 65.0 Å². The molecule has 0 bridgehead atoms. The summed E-state index contributed by atoms with van der Waals surface area (Å²) in [5.74, 6) is -2.10. The summed E-state index contributed by atoms with van der Waals surface area (Å²) in [6, 6.07) is 10.8. The van der Waals surface area contributed by atoms with Gasteiger partial charge in [-0.1, -0.05) is 11.1 Å². The molecule has 0 unspecified atom stereocenters. The smallest absolute Gasteiger partial charge is 0.444 e. The number of hydrogen-bond acceptors (Lipinski definition) is 17. The SMILES string of the molecule is Nc1cc(Nc2nc(Cl)nc(-[n+]3cccc(C(=O)O)c3)n2)c(N=Nc2cccc(S(=O)(=O)CCOS(=O)(=O)O)c2)cc1SOOO. The van der Waals surface area contributed by atoms with E-state index >= 15 is 0 Å². The molecule has 0 aliphatic rings. The number of nitrogens with zero attached hydrogens (tertiary/aromatic N) is 6. The number of carboxylic acid groups (broad SMARTS) is 1. The molecule has 2 aromatic carbocycles. The molecule has 0 saturated carbocycles. The summed E-state index contributed by atoms with van der Waals surface area (Å²) >= 11 is 6.64. The summed E-state index contributed by atoms with van der Waals surface area (Å²) in [6.45, 7) is -0.820. The Morgan fingerprint density at radius 3 is 2.59 bits per heavy atom. The fourth-order valence-corrected chi connectivity index (χ4v) is 5.57. The largest absolute Gasteiger partial charge is 0.478 e. The Kier molecular flexibility index (Phi) is 11.1. The van der Waals surface area contributed by atoms with Crippen molar-refractivity contribution in [3.05, 3.63) is 71.8 Å². The fourth-order valence-electron chi connectivity index (χ4n) is 3.47. The van der Waals surface area contributed by atoms with Crippen molar-refractivity contribution in [2.45, 2.75) is 9.79 Å². The number of nitrogens with two attached hydrogens (primary N) is 1. The van der Waals surface area contributed by atoms with E-state index in [-0.39, 0.29) is 55.3 Å². The van der Waals surface area contributed by atoms with Crippen molar-refractivity contribution < 1.29 is 54.7 Å². The molecule has 4 aromatic rings. The number of aromatic carboxylic acids is 1. The molecule has 0 fully saturated rings. The fraction of sp³-hybridized carbons (Fsp3) is 0.0870. The Hall–Kier alpha value is -4.39. The summed E-state index contributed by atoms with van der Waals surface area (Å²) in [5, 5.41) is 32.4. The Balaban J connectivity index is 1.68. The maximum Gasteiger partial charge on any atom is 0.444 e. The lowest BCUT2D eigenvalue weighted by Gasteiger charge is -2.10. The van der Waals surface area contributed by atoms with Gasteiger partial charge in [0.2, 0.25) is 0 Å². The number of carboxylic acids is 1. The number of nitrogens with one attached hydrogen (secondary N) is 1. The monoisotopic (exact) mass is 715 g/mol. The van der Waals surface area contributed by atoms with Crippen LogP contribution in [0.25, 0.3) is 5.95 Å². The van der Waals surface area contributed by atoms with Crippen LogP contribution in [0, 0.1) is 0 Å². The number of azo groups is 1. The lowest BCUT2D eigenvalue weighted by molar-refractivity contribution is -0.603. The second-order valence-electron chi connectivity index (χ2n) is 8.56. The number of anilines is 3. The van der Waals surface area contributed by atoms with E-state index in [0.29, 0.717) is 12.0 Å². The average Bonchev–Trinajstić information content (AvgIpc) is 2.99. The van der Waals surface area contributed by atoms with Crippen molar-refractivity contribution in [2.24, 2.45) is 10.2 Å². The molecule has 46 heavy (non-hydrogen) atoms. The Morgan fingerprint density at radius 2 is 1.87 bits per heavy atom. The summed E-state index contributed by atoms with van der Waals surface area (Å²) in [6.07, 6.45) is 2.76. The number of sulfone groups is 1. The van der Waals surface area contributed by atoms with E-state index in [9.17, 15) is 26.7 Å². The van der Waals surface area contributed by atoms with E-state index in [0.717, 1.165) is 6.07 Å². The third kappa shape index (κ3) is 9.56. The van der Waals surface area contributed by atoms with Crippen molar-refractivity contribution in [3.8, 4) is 5.95 Å². The normalized spacial score (nSPS) is 12.0. The van der Waals surface area contributed by atoms with Gasteiger partial charge in [-0.3, -0.25) is 4.55 Å². The third-order valence-corrected chi connectivity index (χ3v) is 8.41. The lowest BCUT2D eigenvalue weighted by atomic mass is 10.2. The van der Waals surface area contributed by atoms with E-state index in [4.69, 9.17) is 27.1 Å². The topological polar surface area (TPSA) is 279 Å². The molecule has 0 spiro atoms. The first-order chi connectivity index (χ1) is 21.7. The predicted molar refractivity (Wildman–Crippen MR) is 158 cm³/mol. The predicted octanol–water partition coefficient (Wildman–Crippen LogP) is 3.26. The third-order valence-electron chi connectivity index (χ3n) is 5.44.